The van der Waals surface area contributed by atoms with Gasteiger partial charge in [0.2, 0.25) is 5.91 Å². The highest BCUT2D eigenvalue weighted by molar-refractivity contribution is 6.32. The summed E-state index contributed by atoms with van der Waals surface area (Å²) in [7, 11) is 1.56. The summed E-state index contributed by atoms with van der Waals surface area (Å²) >= 11 is 6.07. The van der Waals surface area contributed by atoms with Crippen molar-refractivity contribution < 1.29 is 14.3 Å². The smallest absolute Gasteiger partial charge is 0.248 e. The number of morpholine rings is 1. The minimum Gasteiger partial charge on any atom is -0.495 e. The van der Waals surface area contributed by atoms with Crippen LogP contribution in [-0.2, 0) is 9.53 Å². The van der Waals surface area contributed by atoms with Crippen LogP contribution in [0.2, 0.25) is 5.02 Å². The third-order valence-corrected chi connectivity index (χ3v) is 4.25. The Hall–Kier alpha value is -2.57. The fourth-order valence-electron chi connectivity index (χ4n) is 2.58. The van der Waals surface area contributed by atoms with E-state index in [4.69, 9.17) is 21.1 Å². The lowest BCUT2D eigenvalue weighted by Crippen LogP contribution is -2.36. The van der Waals surface area contributed by atoms with Gasteiger partial charge in [-0.1, -0.05) is 17.7 Å². The van der Waals surface area contributed by atoms with Gasteiger partial charge in [0.1, 0.15) is 11.6 Å². The van der Waals surface area contributed by atoms with Crippen molar-refractivity contribution >= 4 is 35.1 Å². The Morgan fingerprint density at radius 3 is 2.77 bits per heavy atom. The summed E-state index contributed by atoms with van der Waals surface area (Å²) in [5, 5.41) is 3.29. The third-order valence-electron chi connectivity index (χ3n) is 3.95. The average Bonchev–Trinajstić information content (AvgIpc) is 2.68. The molecule has 7 heteroatoms. The molecule has 0 bridgehead atoms. The first kappa shape index (κ1) is 18.2. The number of hydrogen-bond donors (Lipinski definition) is 1. The lowest BCUT2D eigenvalue weighted by molar-refractivity contribution is -0.111. The molecule has 2 aromatic rings. The number of carbonyl (C=O) groups excluding carboxylic acids is 1. The fourth-order valence-corrected chi connectivity index (χ4v) is 2.85. The van der Waals surface area contributed by atoms with Crippen LogP contribution in [0.5, 0.6) is 5.75 Å². The molecule has 0 radical (unpaired) electrons. The number of carbonyl (C=O) groups is 1. The summed E-state index contributed by atoms with van der Waals surface area (Å²) in [5.41, 5.74) is 1.45. The van der Waals surface area contributed by atoms with E-state index >= 15 is 0 Å². The van der Waals surface area contributed by atoms with Crippen LogP contribution in [0, 0.1) is 0 Å². The number of methoxy groups -OCH3 is 1. The Labute approximate surface area is 157 Å². The van der Waals surface area contributed by atoms with Gasteiger partial charge in [0.15, 0.2) is 0 Å². The molecule has 0 atom stereocenters. The predicted octanol–water partition coefficient (Wildman–Crippen LogP) is 3.23. The van der Waals surface area contributed by atoms with E-state index in [9.17, 15) is 4.79 Å². The van der Waals surface area contributed by atoms with Crippen LogP contribution in [-0.4, -0.2) is 44.3 Å². The van der Waals surface area contributed by atoms with Crippen molar-refractivity contribution in [3.8, 4) is 5.75 Å². The number of rotatable bonds is 5. The molecule has 1 saturated heterocycles. The molecule has 1 N–H and O–H groups in total. The first-order valence-corrected chi connectivity index (χ1v) is 8.65. The van der Waals surface area contributed by atoms with Crippen molar-refractivity contribution in [1.82, 2.24) is 4.98 Å². The van der Waals surface area contributed by atoms with E-state index in [-0.39, 0.29) is 5.91 Å². The van der Waals surface area contributed by atoms with Gasteiger partial charge in [-0.2, -0.15) is 0 Å². The first-order valence-electron chi connectivity index (χ1n) is 8.27. The second-order valence-corrected chi connectivity index (χ2v) is 6.13. The minimum atomic E-state index is -0.238. The van der Waals surface area contributed by atoms with Crippen LogP contribution in [0.3, 0.4) is 0 Å². The van der Waals surface area contributed by atoms with E-state index in [1.807, 2.05) is 18.2 Å². The second kappa shape index (κ2) is 8.69. The molecule has 26 heavy (non-hydrogen) atoms. The Morgan fingerprint density at radius 1 is 1.31 bits per heavy atom. The van der Waals surface area contributed by atoms with E-state index in [1.165, 1.54) is 6.08 Å². The molecule has 0 saturated carbocycles. The maximum Gasteiger partial charge on any atom is 0.248 e. The topological polar surface area (TPSA) is 63.7 Å². The highest BCUT2D eigenvalue weighted by Gasteiger charge is 2.12. The van der Waals surface area contributed by atoms with Gasteiger partial charge in [-0.25, -0.2) is 4.98 Å². The summed E-state index contributed by atoms with van der Waals surface area (Å²) in [6, 6.07) is 9.06. The summed E-state index contributed by atoms with van der Waals surface area (Å²) in [6.45, 7) is 3.07. The van der Waals surface area contributed by atoms with Crippen molar-refractivity contribution in [2.45, 2.75) is 0 Å². The molecule has 1 amide bonds. The van der Waals surface area contributed by atoms with E-state index < -0.39 is 0 Å². The molecule has 2 heterocycles. The Kier molecular flexibility index (Phi) is 6.09. The first-order chi connectivity index (χ1) is 12.7. The molecule has 1 aliphatic rings. The molecular formula is C19H20ClN3O3. The zero-order valence-corrected chi connectivity index (χ0v) is 15.2. The lowest BCUT2D eigenvalue weighted by atomic mass is 10.2. The number of aromatic nitrogens is 1. The summed E-state index contributed by atoms with van der Waals surface area (Å²) in [4.78, 5) is 18.6. The van der Waals surface area contributed by atoms with Crippen LogP contribution in [0.1, 0.15) is 5.56 Å². The number of hydrogen-bond acceptors (Lipinski definition) is 5. The molecular weight excluding hydrogens is 354 g/mol. The maximum absolute atomic E-state index is 12.1. The van der Waals surface area contributed by atoms with E-state index in [2.05, 4.69) is 15.2 Å². The van der Waals surface area contributed by atoms with Crippen LogP contribution < -0.4 is 15.0 Å². The molecule has 0 unspecified atom stereocenters. The lowest BCUT2D eigenvalue weighted by Gasteiger charge is -2.27. The standard InChI is InChI=1S/C19H20ClN3O3/c1-25-17-5-2-14(12-16(17)20)3-7-19(24)22-15-4-6-18(21-13-15)23-8-10-26-11-9-23/h2-7,12-13H,8-11H2,1H3,(H,22,24). The number of amides is 1. The number of benzene rings is 1. The van der Waals surface area contributed by atoms with Crippen LogP contribution in [0.25, 0.3) is 6.08 Å². The largest absolute Gasteiger partial charge is 0.495 e. The minimum absolute atomic E-state index is 0.238. The summed E-state index contributed by atoms with van der Waals surface area (Å²) < 4.78 is 10.4. The van der Waals surface area contributed by atoms with Crippen molar-refractivity contribution in [2.75, 3.05) is 43.6 Å². The number of pyridine rings is 1. The number of halogens is 1. The zero-order chi connectivity index (χ0) is 18.4. The molecule has 1 aromatic heterocycles. The molecule has 0 spiro atoms. The number of nitrogens with zero attached hydrogens (tertiary/aromatic N) is 2. The van der Waals surface area contributed by atoms with Crippen LogP contribution in [0.4, 0.5) is 11.5 Å². The third kappa shape index (κ3) is 4.74. The fraction of sp³-hybridized carbons (Fsp3) is 0.263. The van der Waals surface area contributed by atoms with Gasteiger partial charge in [-0.3, -0.25) is 4.79 Å². The van der Waals surface area contributed by atoms with E-state index in [0.717, 1.165) is 24.5 Å². The van der Waals surface area contributed by atoms with Gasteiger partial charge < -0.3 is 19.7 Å². The van der Waals surface area contributed by atoms with Crippen molar-refractivity contribution in [1.29, 1.82) is 0 Å². The number of ether oxygens (including phenoxy) is 2. The summed E-state index contributed by atoms with van der Waals surface area (Å²) in [5.74, 6) is 1.24. The van der Waals surface area contributed by atoms with Gasteiger partial charge in [-0.15, -0.1) is 0 Å². The number of nitrogens with one attached hydrogen (secondary N) is 1. The second-order valence-electron chi connectivity index (χ2n) is 5.72. The quantitative estimate of drug-likeness (QED) is 0.815. The number of anilines is 2. The predicted molar refractivity (Wildman–Crippen MR) is 103 cm³/mol. The molecule has 136 valence electrons. The van der Waals surface area contributed by atoms with Gasteiger partial charge >= 0.3 is 0 Å². The van der Waals surface area contributed by atoms with Crippen molar-refractivity contribution in [3.05, 3.63) is 53.2 Å². The molecule has 3 rings (SSSR count). The zero-order valence-electron chi connectivity index (χ0n) is 14.4. The Balaban J connectivity index is 1.58. The average molecular weight is 374 g/mol. The normalized spacial score (nSPS) is 14.5. The summed E-state index contributed by atoms with van der Waals surface area (Å²) in [6.07, 6.45) is 4.80. The highest BCUT2D eigenvalue weighted by atomic mass is 35.5. The van der Waals surface area contributed by atoms with Gasteiger partial charge in [-0.05, 0) is 35.9 Å². The Bertz CT molecular complexity index is 787. The monoisotopic (exact) mass is 373 g/mol. The van der Waals surface area contributed by atoms with Gasteiger partial charge in [0, 0.05) is 19.2 Å². The Morgan fingerprint density at radius 2 is 2.12 bits per heavy atom. The molecule has 1 aliphatic heterocycles. The van der Waals surface area contributed by atoms with Gasteiger partial charge in [0.25, 0.3) is 0 Å². The molecule has 6 nitrogen and oxygen atoms in total. The van der Waals surface area contributed by atoms with Gasteiger partial charge in [0.05, 0.1) is 37.2 Å². The van der Waals surface area contributed by atoms with Crippen molar-refractivity contribution in [2.24, 2.45) is 0 Å². The molecule has 1 aromatic carbocycles. The van der Waals surface area contributed by atoms with Crippen LogP contribution >= 0.6 is 11.6 Å². The van der Waals surface area contributed by atoms with Crippen LogP contribution in [0.15, 0.2) is 42.6 Å². The van der Waals surface area contributed by atoms with E-state index in [1.54, 1.807) is 31.5 Å². The van der Waals surface area contributed by atoms with E-state index in [0.29, 0.717) is 29.7 Å². The SMILES string of the molecule is COc1ccc(C=CC(=O)Nc2ccc(N3CCOCC3)nc2)cc1Cl. The maximum atomic E-state index is 12.1. The molecule has 0 aliphatic carbocycles. The highest BCUT2D eigenvalue weighted by Crippen LogP contribution is 2.25. The molecule has 1 fully saturated rings. The van der Waals surface area contributed by atoms with Crippen molar-refractivity contribution in [3.63, 3.8) is 0 Å².